The second kappa shape index (κ2) is 6.97. The van der Waals surface area contributed by atoms with Crippen molar-refractivity contribution in [1.82, 2.24) is 0 Å². The molecule has 1 atom stereocenters. The van der Waals surface area contributed by atoms with Crippen molar-refractivity contribution in [1.29, 1.82) is 0 Å². The molecule has 1 aliphatic carbocycles. The summed E-state index contributed by atoms with van der Waals surface area (Å²) >= 11 is 0. The predicted octanol–water partition coefficient (Wildman–Crippen LogP) is 6.32. The van der Waals surface area contributed by atoms with Gasteiger partial charge in [-0.15, -0.1) is 0 Å². The Morgan fingerprint density at radius 3 is 1.27 bits per heavy atom. The van der Waals surface area contributed by atoms with Crippen molar-refractivity contribution in [3.8, 4) is 0 Å². The molecule has 1 N–H and O–H groups in total. The molecule has 0 bridgehead atoms. The summed E-state index contributed by atoms with van der Waals surface area (Å²) < 4.78 is 0. The lowest BCUT2D eigenvalue weighted by Gasteiger charge is -2.40. The number of hydrogen-bond acceptors (Lipinski definition) is 1. The first kappa shape index (κ1) is 18.8. The highest BCUT2D eigenvalue weighted by Crippen LogP contribution is 2.75. The third-order valence-electron chi connectivity index (χ3n) is 7.15. The van der Waals surface area contributed by atoms with Gasteiger partial charge in [0.2, 0.25) is 0 Å². The van der Waals surface area contributed by atoms with Gasteiger partial charge in [0.15, 0.2) is 0 Å². The first-order valence-electron chi connectivity index (χ1n) is 10.6. The third kappa shape index (κ3) is 2.52. The molecule has 5 rings (SSSR count). The number of benzene rings is 4. The quantitative estimate of drug-likeness (QED) is 0.423. The van der Waals surface area contributed by atoms with Gasteiger partial charge in [0.25, 0.3) is 0 Å². The fourth-order valence-corrected chi connectivity index (χ4v) is 5.54. The van der Waals surface area contributed by atoms with Gasteiger partial charge < -0.3 is 5.11 Å². The van der Waals surface area contributed by atoms with Crippen LogP contribution >= 0.6 is 0 Å². The first-order chi connectivity index (χ1) is 14.6. The molecule has 1 heteroatoms. The second-order valence-electron chi connectivity index (χ2n) is 8.59. The molecule has 4 aromatic rings. The molecule has 0 aromatic heterocycles. The molecule has 1 aliphatic rings. The Morgan fingerprint density at radius 1 is 0.567 bits per heavy atom. The standard InChI is InChI=1S/C29H26O/c1-27(29(30,25-18-10-4-11-19-25)26-20-12-5-13-21-26)22-28(27,23-14-6-2-7-15-23)24-16-8-3-9-17-24/h2-21,30H,22H2,1H3/t27-/m0/s1. The average molecular weight is 391 g/mol. The lowest BCUT2D eigenvalue weighted by molar-refractivity contribution is 0.000400. The molecule has 0 unspecified atom stereocenters. The van der Waals surface area contributed by atoms with Crippen molar-refractivity contribution in [3.05, 3.63) is 144 Å². The summed E-state index contributed by atoms with van der Waals surface area (Å²) in [5, 5.41) is 12.6. The molecule has 1 nitrogen and oxygen atoms in total. The van der Waals surface area contributed by atoms with Gasteiger partial charge in [0.05, 0.1) is 0 Å². The van der Waals surface area contributed by atoms with Crippen LogP contribution in [0.2, 0.25) is 0 Å². The van der Waals surface area contributed by atoms with Crippen LogP contribution in [-0.2, 0) is 11.0 Å². The summed E-state index contributed by atoms with van der Waals surface area (Å²) in [6, 6.07) is 41.6. The van der Waals surface area contributed by atoms with Crippen LogP contribution in [0.15, 0.2) is 121 Å². The molecule has 0 saturated heterocycles. The van der Waals surface area contributed by atoms with Crippen molar-refractivity contribution in [2.24, 2.45) is 5.41 Å². The van der Waals surface area contributed by atoms with E-state index in [-0.39, 0.29) is 5.41 Å². The van der Waals surface area contributed by atoms with Gasteiger partial charge in [0, 0.05) is 10.8 Å². The summed E-state index contributed by atoms with van der Waals surface area (Å²) in [6.45, 7) is 2.24. The highest BCUT2D eigenvalue weighted by atomic mass is 16.3. The average Bonchev–Trinajstić information content (AvgIpc) is 3.49. The van der Waals surface area contributed by atoms with Gasteiger partial charge in [-0.05, 0) is 28.7 Å². The Kier molecular flexibility index (Phi) is 4.38. The zero-order valence-corrected chi connectivity index (χ0v) is 17.2. The molecule has 0 aliphatic heterocycles. The zero-order valence-electron chi connectivity index (χ0n) is 17.2. The predicted molar refractivity (Wildman–Crippen MR) is 122 cm³/mol. The van der Waals surface area contributed by atoms with Gasteiger partial charge in [-0.25, -0.2) is 0 Å². The maximum Gasteiger partial charge on any atom is 0.121 e. The molecule has 148 valence electrons. The minimum Gasteiger partial charge on any atom is -0.380 e. The Balaban J connectivity index is 1.78. The molecule has 4 aromatic carbocycles. The van der Waals surface area contributed by atoms with Crippen LogP contribution in [-0.4, -0.2) is 5.11 Å². The fourth-order valence-electron chi connectivity index (χ4n) is 5.54. The van der Waals surface area contributed by atoms with Crippen LogP contribution in [0.1, 0.15) is 35.6 Å². The normalized spacial score (nSPS) is 19.9. The minimum atomic E-state index is -1.12. The van der Waals surface area contributed by atoms with E-state index >= 15 is 0 Å². The van der Waals surface area contributed by atoms with Crippen molar-refractivity contribution in [3.63, 3.8) is 0 Å². The highest BCUT2D eigenvalue weighted by molar-refractivity contribution is 5.56. The van der Waals surface area contributed by atoms with Gasteiger partial charge in [-0.2, -0.15) is 0 Å². The maximum atomic E-state index is 12.6. The lowest BCUT2D eigenvalue weighted by atomic mass is 9.67. The first-order valence-corrected chi connectivity index (χ1v) is 10.6. The van der Waals surface area contributed by atoms with E-state index in [0.717, 1.165) is 17.5 Å². The molecule has 0 spiro atoms. The Morgan fingerprint density at radius 2 is 0.900 bits per heavy atom. The van der Waals surface area contributed by atoms with E-state index in [4.69, 9.17) is 0 Å². The van der Waals surface area contributed by atoms with Crippen molar-refractivity contribution < 1.29 is 5.11 Å². The molecule has 1 saturated carbocycles. The Labute approximate surface area is 178 Å². The summed E-state index contributed by atoms with van der Waals surface area (Å²) in [5.41, 5.74) is 2.58. The molecule has 1 fully saturated rings. The van der Waals surface area contributed by atoms with Gasteiger partial charge in [0.1, 0.15) is 5.60 Å². The van der Waals surface area contributed by atoms with Crippen molar-refractivity contribution in [2.45, 2.75) is 24.4 Å². The molecular formula is C29H26O. The monoisotopic (exact) mass is 390 g/mol. The summed E-state index contributed by atoms with van der Waals surface area (Å²) in [7, 11) is 0. The molecule has 30 heavy (non-hydrogen) atoms. The molecule has 0 radical (unpaired) electrons. The van der Waals surface area contributed by atoms with Gasteiger partial charge >= 0.3 is 0 Å². The highest BCUT2D eigenvalue weighted by Gasteiger charge is 2.74. The van der Waals surface area contributed by atoms with Crippen LogP contribution in [0.3, 0.4) is 0 Å². The Hall–Kier alpha value is -3.16. The minimum absolute atomic E-state index is 0.268. The topological polar surface area (TPSA) is 20.2 Å². The van der Waals surface area contributed by atoms with E-state index in [2.05, 4.69) is 91.9 Å². The van der Waals surface area contributed by atoms with Crippen LogP contribution in [0.5, 0.6) is 0 Å². The van der Waals surface area contributed by atoms with E-state index in [0.29, 0.717) is 0 Å². The smallest absolute Gasteiger partial charge is 0.121 e. The van der Waals surface area contributed by atoms with Gasteiger partial charge in [-0.3, -0.25) is 0 Å². The SMILES string of the molecule is C[C@]1(C(O)(c2ccccc2)c2ccccc2)CC1(c1ccccc1)c1ccccc1. The van der Waals surface area contributed by atoms with Crippen molar-refractivity contribution >= 4 is 0 Å². The van der Waals surface area contributed by atoms with E-state index in [9.17, 15) is 5.11 Å². The summed E-state index contributed by atoms with van der Waals surface area (Å²) in [6.07, 6.45) is 0.869. The van der Waals surface area contributed by atoms with Gasteiger partial charge in [-0.1, -0.05) is 128 Å². The third-order valence-corrected chi connectivity index (χ3v) is 7.15. The summed E-state index contributed by atoms with van der Waals surface area (Å²) in [5.74, 6) is 0. The summed E-state index contributed by atoms with van der Waals surface area (Å²) in [4.78, 5) is 0. The van der Waals surface area contributed by atoms with Crippen LogP contribution in [0.4, 0.5) is 0 Å². The van der Waals surface area contributed by atoms with E-state index in [1.54, 1.807) is 0 Å². The van der Waals surface area contributed by atoms with Crippen LogP contribution < -0.4 is 0 Å². The number of hydrogen-bond donors (Lipinski definition) is 1. The van der Waals surface area contributed by atoms with Crippen LogP contribution in [0.25, 0.3) is 0 Å². The molecular weight excluding hydrogens is 364 g/mol. The van der Waals surface area contributed by atoms with E-state index in [1.165, 1.54) is 11.1 Å². The largest absolute Gasteiger partial charge is 0.380 e. The Bertz CT molecular complexity index is 1040. The number of aliphatic hydroxyl groups is 1. The lowest BCUT2D eigenvalue weighted by Crippen LogP contribution is -2.41. The number of rotatable bonds is 5. The van der Waals surface area contributed by atoms with E-state index < -0.39 is 11.0 Å². The second-order valence-corrected chi connectivity index (χ2v) is 8.59. The van der Waals surface area contributed by atoms with Crippen LogP contribution in [0, 0.1) is 5.41 Å². The molecule has 0 heterocycles. The fraction of sp³-hybridized carbons (Fsp3) is 0.172. The van der Waals surface area contributed by atoms with Crippen molar-refractivity contribution in [2.75, 3.05) is 0 Å². The molecule has 0 amide bonds. The zero-order chi connectivity index (χ0) is 20.7. The maximum absolute atomic E-state index is 12.6. The van der Waals surface area contributed by atoms with E-state index in [1.807, 2.05) is 36.4 Å².